The van der Waals surface area contributed by atoms with Gasteiger partial charge in [-0.25, -0.2) is 4.39 Å². The van der Waals surface area contributed by atoms with Crippen molar-refractivity contribution in [1.29, 1.82) is 0 Å². The van der Waals surface area contributed by atoms with E-state index in [0.717, 1.165) is 11.3 Å². The molecule has 1 heterocycles. The molecule has 0 saturated heterocycles. The lowest BCUT2D eigenvalue weighted by Gasteiger charge is -2.07. The van der Waals surface area contributed by atoms with Gasteiger partial charge in [0.2, 0.25) is 17.6 Å². The first kappa shape index (κ1) is 18.6. The summed E-state index contributed by atoms with van der Waals surface area (Å²) in [5.41, 5.74) is 1.78. The van der Waals surface area contributed by atoms with Crippen LogP contribution in [0.25, 0.3) is 11.4 Å². The third-order valence-corrected chi connectivity index (χ3v) is 3.82. The Labute approximate surface area is 156 Å². The Morgan fingerprint density at radius 3 is 2.81 bits per heavy atom. The number of hydrogen-bond acceptors (Lipinski definition) is 5. The van der Waals surface area contributed by atoms with Gasteiger partial charge in [-0.2, -0.15) is 4.98 Å². The van der Waals surface area contributed by atoms with Crippen molar-refractivity contribution in [3.63, 3.8) is 0 Å². The lowest BCUT2D eigenvalue weighted by Crippen LogP contribution is -2.28. The number of benzene rings is 2. The molecular formula is C20H20FN3O3. The zero-order chi connectivity index (χ0) is 19.1. The first-order valence-electron chi connectivity index (χ1n) is 8.65. The van der Waals surface area contributed by atoms with E-state index < -0.39 is 0 Å². The molecule has 0 unspecified atom stereocenters. The van der Waals surface area contributed by atoms with Gasteiger partial charge < -0.3 is 14.6 Å². The minimum Gasteiger partial charge on any atom is -0.492 e. The van der Waals surface area contributed by atoms with Crippen LogP contribution in [0.15, 0.2) is 53.1 Å². The van der Waals surface area contributed by atoms with Gasteiger partial charge in [-0.05, 0) is 48.9 Å². The summed E-state index contributed by atoms with van der Waals surface area (Å²) in [5.74, 6) is 1.07. The van der Waals surface area contributed by atoms with E-state index in [1.165, 1.54) is 12.1 Å². The number of halogens is 1. The number of aryl methyl sites for hydroxylation is 2. The van der Waals surface area contributed by atoms with Gasteiger partial charge in [0.15, 0.2) is 0 Å². The molecule has 0 aliphatic heterocycles. The highest BCUT2D eigenvalue weighted by Gasteiger charge is 2.10. The Hall–Kier alpha value is -3.22. The molecular weight excluding hydrogens is 349 g/mol. The number of carbonyl (C=O) groups excluding carboxylic acids is 1. The Balaban J connectivity index is 1.38. The van der Waals surface area contributed by atoms with Gasteiger partial charge in [-0.1, -0.05) is 17.3 Å². The Bertz CT molecular complexity index is 893. The first-order chi connectivity index (χ1) is 13.1. The van der Waals surface area contributed by atoms with Crippen molar-refractivity contribution in [2.45, 2.75) is 19.8 Å². The highest BCUT2D eigenvalue weighted by molar-refractivity contribution is 5.76. The maximum absolute atomic E-state index is 12.9. The molecule has 0 atom stereocenters. The number of nitrogens with one attached hydrogen (secondary N) is 1. The maximum atomic E-state index is 12.9. The Morgan fingerprint density at radius 1 is 1.22 bits per heavy atom. The normalized spacial score (nSPS) is 10.6. The Kier molecular flexibility index (Phi) is 6.14. The van der Waals surface area contributed by atoms with E-state index in [9.17, 15) is 9.18 Å². The van der Waals surface area contributed by atoms with Crippen LogP contribution in [0.4, 0.5) is 4.39 Å². The molecule has 6 nitrogen and oxygen atoms in total. The second-order valence-electron chi connectivity index (χ2n) is 6.03. The SMILES string of the molecule is Cc1cccc(OCCNC(=O)CCc2nc(-c3ccc(F)cc3)no2)c1. The standard InChI is InChI=1S/C20H20FN3O3/c1-14-3-2-4-17(13-14)26-12-11-22-18(25)9-10-19-23-20(24-27-19)15-5-7-16(21)8-6-15/h2-8,13H,9-12H2,1H3,(H,22,25). The third-order valence-electron chi connectivity index (χ3n) is 3.82. The minimum absolute atomic E-state index is 0.121. The molecule has 1 aromatic heterocycles. The topological polar surface area (TPSA) is 77.2 Å². The third kappa shape index (κ3) is 5.64. The van der Waals surface area contributed by atoms with Crippen LogP contribution in [0.3, 0.4) is 0 Å². The molecule has 0 aliphatic carbocycles. The molecule has 3 aromatic rings. The molecule has 0 bridgehead atoms. The molecule has 2 aromatic carbocycles. The lowest BCUT2D eigenvalue weighted by molar-refractivity contribution is -0.121. The second kappa shape index (κ2) is 8.93. The van der Waals surface area contributed by atoms with Crippen molar-refractivity contribution in [1.82, 2.24) is 15.5 Å². The van der Waals surface area contributed by atoms with E-state index >= 15 is 0 Å². The molecule has 0 saturated carbocycles. The van der Waals surface area contributed by atoms with Gasteiger partial charge >= 0.3 is 0 Å². The van der Waals surface area contributed by atoms with Crippen LogP contribution in [-0.4, -0.2) is 29.2 Å². The summed E-state index contributed by atoms with van der Waals surface area (Å²) in [5, 5.41) is 6.64. The van der Waals surface area contributed by atoms with Crippen LogP contribution in [0.1, 0.15) is 17.9 Å². The van der Waals surface area contributed by atoms with Crippen molar-refractivity contribution in [2.24, 2.45) is 0 Å². The van der Waals surface area contributed by atoms with Gasteiger partial charge in [0.1, 0.15) is 18.2 Å². The second-order valence-corrected chi connectivity index (χ2v) is 6.03. The van der Waals surface area contributed by atoms with Gasteiger partial charge in [-0.3, -0.25) is 4.79 Å². The quantitative estimate of drug-likeness (QED) is 0.617. The van der Waals surface area contributed by atoms with Crippen LogP contribution in [-0.2, 0) is 11.2 Å². The maximum Gasteiger partial charge on any atom is 0.227 e. The molecule has 1 N–H and O–H groups in total. The predicted molar refractivity (Wildman–Crippen MR) is 97.7 cm³/mol. The van der Waals surface area contributed by atoms with Crippen LogP contribution in [0.2, 0.25) is 0 Å². The number of hydrogen-bond donors (Lipinski definition) is 1. The van der Waals surface area contributed by atoms with E-state index in [2.05, 4.69) is 15.5 Å². The summed E-state index contributed by atoms with van der Waals surface area (Å²) in [6.45, 7) is 2.80. The highest BCUT2D eigenvalue weighted by atomic mass is 19.1. The van der Waals surface area contributed by atoms with Crippen molar-refractivity contribution < 1.29 is 18.4 Å². The zero-order valence-electron chi connectivity index (χ0n) is 14.9. The molecule has 0 fully saturated rings. The molecule has 1 amide bonds. The van der Waals surface area contributed by atoms with E-state index in [1.54, 1.807) is 12.1 Å². The number of ether oxygens (including phenoxy) is 1. The first-order valence-corrected chi connectivity index (χ1v) is 8.65. The fraction of sp³-hybridized carbons (Fsp3) is 0.250. The molecule has 7 heteroatoms. The predicted octanol–water partition coefficient (Wildman–Crippen LogP) is 3.31. The van der Waals surface area contributed by atoms with E-state index in [-0.39, 0.29) is 18.1 Å². The van der Waals surface area contributed by atoms with Crippen molar-refractivity contribution in [3.8, 4) is 17.1 Å². The molecule has 0 radical (unpaired) electrons. The van der Waals surface area contributed by atoms with Crippen molar-refractivity contribution >= 4 is 5.91 Å². The largest absolute Gasteiger partial charge is 0.492 e. The molecule has 140 valence electrons. The minimum atomic E-state index is -0.328. The zero-order valence-corrected chi connectivity index (χ0v) is 14.9. The summed E-state index contributed by atoms with van der Waals surface area (Å²) >= 11 is 0. The fourth-order valence-electron chi connectivity index (χ4n) is 2.45. The lowest BCUT2D eigenvalue weighted by atomic mass is 10.2. The van der Waals surface area contributed by atoms with Crippen molar-refractivity contribution in [2.75, 3.05) is 13.2 Å². The summed E-state index contributed by atoms with van der Waals surface area (Å²) in [6.07, 6.45) is 0.564. The van der Waals surface area contributed by atoms with Crippen LogP contribution in [0.5, 0.6) is 5.75 Å². The molecule has 3 rings (SSSR count). The molecule has 27 heavy (non-hydrogen) atoms. The van der Waals surface area contributed by atoms with E-state index in [0.29, 0.717) is 36.9 Å². The summed E-state index contributed by atoms with van der Waals surface area (Å²) in [4.78, 5) is 16.1. The van der Waals surface area contributed by atoms with Crippen LogP contribution < -0.4 is 10.1 Å². The monoisotopic (exact) mass is 369 g/mol. The number of nitrogens with zero attached hydrogens (tertiary/aromatic N) is 2. The number of carbonyl (C=O) groups is 1. The summed E-state index contributed by atoms with van der Waals surface area (Å²) in [7, 11) is 0. The van der Waals surface area contributed by atoms with Crippen LogP contribution in [0, 0.1) is 12.7 Å². The molecule has 0 spiro atoms. The average Bonchev–Trinajstić information content (AvgIpc) is 3.13. The smallest absolute Gasteiger partial charge is 0.227 e. The number of amides is 1. The fourth-order valence-corrected chi connectivity index (χ4v) is 2.45. The average molecular weight is 369 g/mol. The van der Waals surface area contributed by atoms with E-state index in [4.69, 9.17) is 9.26 Å². The summed E-state index contributed by atoms with van der Waals surface area (Å²) < 4.78 is 23.7. The van der Waals surface area contributed by atoms with Gasteiger partial charge in [0.05, 0.1) is 6.54 Å². The molecule has 0 aliphatic rings. The Morgan fingerprint density at radius 2 is 2.04 bits per heavy atom. The van der Waals surface area contributed by atoms with Crippen molar-refractivity contribution in [3.05, 3.63) is 65.8 Å². The highest BCUT2D eigenvalue weighted by Crippen LogP contribution is 2.16. The van der Waals surface area contributed by atoms with Gasteiger partial charge in [0.25, 0.3) is 0 Å². The summed E-state index contributed by atoms with van der Waals surface area (Å²) in [6, 6.07) is 13.5. The number of aromatic nitrogens is 2. The van der Waals surface area contributed by atoms with E-state index in [1.807, 2.05) is 31.2 Å². The number of rotatable bonds is 8. The van der Waals surface area contributed by atoms with Crippen LogP contribution >= 0.6 is 0 Å². The van der Waals surface area contributed by atoms with Gasteiger partial charge in [-0.15, -0.1) is 0 Å². The van der Waals surface area contributed by atoms with Gasteiger partial charge in [0, 0.05) is 18.4 Å².